The normalized spacial score (nSPS) is 18.7. The number of carboxylic acids is 1. The maximum Gasteiger partial charge on any atom is 0.490 e. The molecule has 2 aromatic rings. The fourth-order valence-electron chi connectivity index (χ4n) is 4.02. The molecule has 0 bridgehead atoms. The van der Waals surface area contributed by atoms with E-state index in [1.165, 1.54) is 0 Å². The Kier molecular flexibility index (Phi) is 8.33. The van der Waals surface area contributed by atoms with E-state index in [0.717, 1.165) is 5.82 Å². The molecule has 2 amide bonds. The van der Waals surface area contributed by atoms with E-state index in [2.05, 4.69) is 29.1 Å². The van der Waals surface area contributed by atoms with Gasteiger partial charge in [-0.3, -0.25) is 14.6 Å². The predicted molar refractivity (Wildman–Crippen MR) is 120 cm³/mol. The summed E-state index contributed by atoms with van der Waals surface area (Å²) in [5.74, 6) is -1.71. The minimum absolute atomic E-state index is 0.0779. The molecule has 1 fully saturated rings. The van der Waals surface area contributed by atoms with E-state index in [-0.39, 0.29) is 11.8 Å². The number of aliphatic carboxylic acids is 1. The van der Waals surface area contributed by atoms with Gasteiger partial charge in [0.2, 0.25) is 0 Å². The molecule has 196 valence electrons. The molecule has 1 unspecified atom stereocenters. The van der Waals surface area contributed by atoms with Gasteiger partial charge in [0, 0.05) is 51.1 Å². The first-order chi connectivity index (χ1) is 16.9. The molecule has 0 aromatic carbocycles. The summed E-state index contributed by atoms with van der Waals surface area (Å²) in [5.41, 5.74) is -0.205. The van der Waals surface area contributed by atoms with Crippen LogP contribution >= 0.6 is 0 Å². The molecule has 2 aliphatic rings. The van der Waals surface area contributed by atoms with Crippen LogP contribution in [0.4, 0.5) is 13.2 Å². The number of ether oxygens (including phenoxy) is 1. The molecular formula is C23H28F3N5O5. The Labute approximate surface area is 205 Å². The molecule has 0 saturated carbocycles. The van der Waals surface area contributed by atoms with Gasteiger partial charge in [0.1, 0.15) is 17.1 Å². The Bertz CT molecular complexity index is 1070. The summed E-state index contributed by atoms with van der Waals surface area (Å²) in [5, 5.41) is 10.1. The number of piperidine rings is 1. The zero-order chi connectivity index (χ0) is 26.5. The van der Waals surface area contributed by atoms with Crippen molar-refractivity contribution >= 4 is 17.8 Å². The van der Waals surface area contributed by atoms with E-state index in [0.29, 0.717) is 50.6 Å². The highest BCUT2D eigenvalue weighted by atomic mass is 19.4. The molecule has 10 nitrogen and oxygen atoms in total. The average Bonchev–Trinajstić information content (AvgIpc) is 3.33. The number of imidazole rings is 1. The van der Waals surface area contributed by atoms with Gasteiger partial charge in [-0.2, -0.15) is 13.2 Å². The number of aromatic nitrogens is 3. The van der Waals surface area contributed by atoms with Crippen molar-refractivity contribution in [2.45, 2.75) is 51.1 Å². The zero-order valence-electron chi connectivity index (χ0n) is 19.9. The number of halogens is 3. The highest BCUT2D eigenvalue weighted by Crippen LogP contribution is 2.40. The molecular weight excluding hydrogens is 483 g/mol. The number of likely N-dealkylation sites (tertiary alicyclic amines) is 1. The third kappa shape index (κ3) is 6.39. The molecule has 36 heavy (non-hydrogen) atoms. The lowest BCUT2D eigenvalue weighted by molar-refractivity contribution is -0.192. The molecule has 1 saturated heterocycles. The van der Waals surface area contributed by atoms with Crippen molar-refractivity contribution in [1.82, 2.24) is 24.8 Å². The van der Waals surface area contributed by atoms with E-state index in [1.54, 1.807) is 29.4 Å². The fourth-order valence-corrected chi connectivity index (χ4v) is 4.02. The van der Waals surface area contributed by atoms with E-state index in [9.17, 15) is 22.8 Å². The molecule has 1 spiro atoms. The second kappa shape index (κ2) is 11.1. The molecule has 2 aliphatic heterocycles. The van der Waals surface area contributed by atoms with Gasteiger partial charge in [-0.1, -0.05) is 19.9 Å². The molecule has 0 radical (unpaired) electrons. The lowest BCUT2D eigenvalue weighted by Gasteiger charge is -2.45. The van der Waals surface area contributed by atoms with Crippen molar-refractivity contribution in [2.75, 3.05) is 19.6 Å². The van der Waals surface area contributed by atoms with Crippen LogP contribution in [-0.2, 0) is 26.5 Å². The SMILES string of the molecule is CC(C)CNC(=O)C1Cn2ccnc2C2(CCN(C(=O)c3ccccn3)CC2)O1.O=C(O)C(F)(F)F. The number of fused-ring (bicyclic) bond motifs is 2. The van der Waals surface area contributed by atoms with Gasteiger partial charge < -0.3 is 24.6 Å². The van der Waals surface area contributed by atoms with Gasteiger partial charge >= 0.3 is 12.1 Å². The standard InChI is InChI=1S/C21H27N5O3.C2HF3O2/c1-15(2)13-24-18(27)17-14-26-12-9-23-20(26)21(29-17)6-10-25(11-7-21)19(28)16-5-3-4-8-22-16;3-2(4,5)1(6)7/h3-5,8-9,12,15,17H,6-7,10-11,13-14H2,1-2H3,(H,24,27);(H,6,7). The number of rotatable bonds is 4. The van der Waals surface area contributed by atoms with Crippen LogP contribution in [0.2, 0.25) is 0 Å². The monoisotopic (exact) mass is 511 g/mol. The second-order valence-corrected chi connectivity index (χ2v) is 8.95. The van der Waals surface area contributed by atoms with Gasteiger partial charge in [-0.05, 0) is 18.1 Å². The minimum atomic E-state index is -5.08. The number of amides is 2. The molecule has 4 heterocycles. The van der Waals surface area contributed by atoms with Crippen molar-refractivity contribution in [2.24, 2.45) is 5.92 Å². The summed E-state index contributed by atoms with van der Waals surface area (Å²) in [7, 11) is 0. The van der Waals surface area contributed by atoms with Crippen LogP contribution in [0.3, 0.4) is 0 Å². The van der Waals surface area contributed by atoms with Crippen molar-refractivity contribution < 1.29 is 37.4 Å². The van der Waals surface area contributed by atoms with E-state index < -0.39 is 23.9 Å². The Morgan fingerprint density at radius 3 is 2.42 bits per heavy atom. The summed E-state index contributed by atoms with van der Waals surface area (Å²) in [6.07, 6.45) is 0.815. The van der Waals surface area contributed by atoms with Crippen molar-refractivity contribution in [3.63, 3.8) is 0 Å². The predicted octanol–water partition coefficient (Wildman–Crippen LogP) is 2.21. The smallest absolute Gasteiger partial charge is 0.475 e. The number of nitrogens with one attached hydrogen (secondary N) is 1. The number of carboxylic acid groups (broad SMARTS) is 1. The first-order valence-corrected chi connectivity index (χ1v) is 11.4. The Morgan fingerprint density at radius 2 is 1.86 bits per heavy atom. The average molecular weight is 512 g/mol. The van der Waals surface area contributed by atoms with Crippen LogP contribution in [0.5, 0.6) is 0 Å². The Morgan fingerprint density at radius 1 is 1.19 bits per heavy atom. The number of nitrogens with zero attached hydrogens (tertiary/aromatic N) is 4. The van der Waals surface area contributed by atoms with Crippen LogP contribution in [-0.4, -0.2) is 74.2 Å². The van der Waals surface area contributed by atoms with Crippen LogP contribution in [0.25, 0.3) is 0 Å². The summed E-state index contributed by atoms with van der Waals surface area (Å²) in [6.45, 7) is 6.26. The molecule has 0 aliphatic carbocycles. The highest BCUT2D eigenvalue weighted by Gasteiger charge is 2.47. The molecule has 1 atom stereocenters. The van der Waals surface area contributed by atoms with Crippen molar-refractivity contribution in [3.05, 3.63) is 48.3 Å². The minimum Gasteiger partial charge on any atom is -0.475 e. The van der Waals surface area contributed by atoms with Gasteiger partial charge in [-0.25, -0.2) is 9.78 Å². The lowest BCUT2D eigenvalue weighted by atomic mass is 9.88. The molecule has 4 rings (SSSR count). The van der Waals surface area contributed by atoms with Crippen LogP contribution in [0.15, 0.2) is 36.8 Å². The van der Waals surface area contributed by atoms with E-state index in [4.69, 9.17) is 14.6 Å². The van der Waals surface area contributed by atoms with Crippen LogP contribution < -0.4 is 5.32 Å². The van der Waals surface area contributed by atoms with Gasteiger partial charge in [0.05, 0.1) is 6.54 Å². The van der Waals surface area contributed by atoms with Gasteiger partial charge in [0.15, 0.2) is 6.10 Å². The second-order valence-electron chi connectivity index (χ2n) is 8.95. The highest BCUT2D eigenvalue weighted by molar-refractivity contribution is 5.92. The van der Waals surface area contributed by atoms with Gasteiger partial charge in [0.25, 0.3) is 11.8 Å². The number of pyridine rings is 1. The first kappa shape index (κ1) is 27.1. The zero-order valence-corrected chi connectivity index (χ0v) is 19.9. The van der Waals surface area contributed by atoms with Gasteiger partial charge in [-0.15, -0.1) is 0 Å². The number of hydrogen-bond donors (Lipinski definition) is 2. The number of carbonyl (C=O) groups is 3. The maximum absolute atomic E-state index is 12.7. The lowest BCUT2D eigenvalue weighted by Crippen LogP contribution is -2.55. The number of carbonyl (C=O) groups excluding carboxylic acids is 2. The summed E-state index contributed by atoms with van der Waals surface area (Å²) >= 11 is 0. The Balaban J connectivity index is 0.000000454. The third-order valence-electron chi connectivity index (χ3n) is 5.82. The van der Waals surface area contributed by atoms with E-state index >= 15 is 0 Å². The van der Waals surface area contributed by atoms with Crippen LogP contribution in [0, 0.1) is 5.92 Å². The molecule has 13 heteroatoms. The fraction of sp³-hybridized carbons (Fsp3) is 0.522. The summed E-state index contributed by atoms with van der Waals surface area (Å²) in [4.78, 5) is 44.8. The van der Waals surface area contributed by atoms with E-state index in [1.807, 2.05) is 16.8 Å². The number of alkyl halides is 3. The third-order valence-corrected chi connectivity index (χ3v) is 5.82. The van der Waals surface area contributed by atoms with Crippen LogP contribution in [0.1, 0.15) is 43.0 Å². The van der Waals surface area contributed by atoms with Crippen molar-refractivity contribution in [1.29, 1.82) is 0 Å². The summed E-state index contributed by atoms with van der Waals surface area (Å²) < 4.78 is 40.1. The first-order valence-electron chi connectivity index (χ1n) is 11.4. The topological polar surface area (TPSA) is 127 Å². The van der Waals surface area contributed by atoms with Crippen molar-refractivity contribution in [3.8, 4) is 0 Å². The summed E-state index contributed by atoms with van der Waals surface area (Å²) in [6, 6.07) is 5.33. The molecule has 2 N–H and O–H groups in total. The maximum atomic E-state index is 12.7. The quantitative estimate of drug-likeness (QED) is 0.645. The molecule has 2 aromatic heterocycles. The Hall–Kier alpha value is -3.48. The largest absolute Gasteiger partial charge is 0.490 e. The number of hydrogen-bond acceptors (Lipinski definition) is 6.